The summed E-state index contributed by atoms with van der Waals surface area (Å²) in [6.07, 6.45) is 3.39. The maximum Gasteiger partial charge on any atom is 0.255 e. The highest BCUT2D eigenvalue weighted by atomic mass is 32.2. The lowest BCUT2D eigenvalue weighted by molar-refractivity contribution is 0.102. The number of rotatable bonds is 8. The van der Waals surface area contributed by atoms with Crippen molar-refractivity contribution in [1.29, 1.82) is 0 Å². The molecule has 0 bridgehead atoms. The minimum atomic E-state index is -3.78. The van der Waals surface area contributed by atoms with Crippen molar-refractivity contribution >= 4 is 21.6 Å². The van der Waals surface area contributed by atoms with Gasteiger partial charge in [0, 0.05) is 40.8 Å². The molecule has 180 valence electrons. The quantitative estimate of drug-likeness (QED) is 0.495. The Morgan fingerprint density at radius 3 is 2.47 bits per heavy atom. The van der Waals surface area contributed by atoms with Crippen LogP contribution < -0.4 is 19.5 Å². The van der Waals surface area contributed by atoms with Gasteiger partial charge < -0.3 is 14.8 Å². The summed E-state index contributed by atoms with van der Waals surface area (Å²) in [5.41, 5.74) is 1.62. The molecule has 2 aromatic carbocycles. The molecule has 3 aromatic rings. The first-order valence-corrected chi connectivity index (χ1v) is 12.1. The lowest BCUT2D eigenvalue weighted by Gasteiger charge is -2.20. The molecule has 0 fully saturated rings. The molecule has 0 aliphatic heterocycles. The number of benzene rings is 2. The van der Waals surface area contributed by atoms with E-state index in [9.17, 15) is 13.2 Å². The van der Waals surface area contributed by atoms with Gasteiger partial charge in [-0.1, -0.05) is 12.1 Å². The predicted molar refractivity (Wildman–Crippen MR) is 131 cm³/mol. The van der Waals surface area contributed by atoms with Crippen molar-refractivity contribution in [2.75, 3.05) is 12.4 Å². The van der Waals surface area contributed by atoms with Crippen LogP contribution in [-0.4, -0.2) is 32.0 Å². The Bertz CT molecular complexity index is 1270. The van der Waals surface area contributed by atoms with Gasteiger partial charge in [0.05, 0.1) is 12.0 Å². The van der Waals surface area contributed by atoms with Crippen molar-refractivity contribution in [2.24, 2.45) is 0 Å². The third kappa shape index (κ3) is 6.55. The first kappa shape index (κ1) is 25.2. The van der Waals surface area contributed by atoms with Gasteiger partial charge in [-0.3, -0.25) is 9.78 Å². The molecule has 1 heterocycles. The average Bonchev–Trinajstić information content (AvgIpc) is 2.77. The van der Waals surface area contributed by atoms with Crippen LogP contribution in [0, 0.1) is 6.92 Å². The monoisotopic (exact) mass is 483 g/mol. The number of nitrogens with zero attached hydrogens (tertiary/aromatic N) is 1. The molecule has 1 amide bonds. The van der Waals surface area contributed by atoms with E-state index in [0.717, 1.165) is 5.56 Å². The third-order valence-electron chi connectivity index (χ3n) is 4.74. The van der Waals surface area contributed by atoms with Gasteiger partial charge >= 0.3 is 0 Å². The summed E-state index contributed by atoms with van der Waals surface area (Å²) < 4.78 is 39.3. The van der Waals surface area contributed by atoms with Gasteiger partial charge in [0.15, 0.2) is 11.5 Å². The molecule has 8 nitrogen and oxygen atoms in total. The Hall–Kier alpha value is -3.43. The minimum absolute atomic E-state index is 0.0217. The molecule has 9 heteroatoms. The summed E-state index contributed by atoms with van der Waals surface area (Å²) >= 11 is 0. The molecule has 0 spiro atoms. The van der Waals surface area contributed by atoms with Crippen LogP contribution in [0.4, 0.5) is 5.69 Å². The number of methoxy groups -OCH3 is 1. The number of aryl methyl sites for hydroxylation is 1. The highest BCUT2D eigenvalue weighted by molar-refractivity contribution is 7.89. The van der Waals surface area contributed by atoms with E-state index >= 15 is 0 Å². The van der Waals surface area contributed by atoms with Gasteiger partial charge in [0.1, 0.15) is 6.61 Å². The fourth-order valence-electron chi connectivity index (χ4n) is 3.19. The number of amides is 1. The van der Waals surface area contributed by atoms with Crippen molar-refractivity contribution < 1.29 is 22.7 Å². The Balaban J connectivity index is 1.82. The van der Waals surface area contributed by atoms with Crippen LogP contribution in [0.5, 0.6) is 11.5 Å². The van der Waals surface area contributed by atoms with Crippen LogP contribution in [0.25, 0.3) is 0 Å². The van der Waals surface area contributed by atoms with E-state index in [1.807, 2.05) is 12.1 Å². The van der Waals surface area contributed by atoms with Gasteiger partial charge in [-0.05, 0) is 63.6 Å². The molecular formula is C25H29N3O5S. The fourth-order valence-corrected chi connectivity index (χ4v) is 4.63. The Labute approximate surface area is 200 Å². The Morgan fingerprint density at radius 2 is 1.82 bits per heavy atom. The molecule has 2 N–H and O–H groups in total. The minimum Gasteiger partial charge on any atom is -0.493 e. The van der Waals surface area contributed by atoms with E-state index < -0.39 is 21.5 Å². The van der Waals surface area contributed by atoms with Gasteiger partial charge in [-0.25, -0.2) is 13.1 Å². The summed E-state index contributed by atoms with van der Waals surface area (Å²) in [5.74, 6) is 0.527. The van der Waals surface area contributed by atoms with E-state index in [4.69, 9.17) is 9.47 Å². The van der Waals surface area contributed by atoms with E-state index in [-0.39, 0.29) is 17.1 Å². The van der Waals surface area contributed by atoms with Crippen LogP contribution in [0.2, 0.25) is 0 Å². The summed E-state index contributed by atoms with van der Waals surface area (Å²) in [6.45, 7) is 7.29. The van der Waals surface area contributed by atoms with Crippen LogP contribution in [-0.2, 0) is 16.6 Å². The van der Waals surface area contributed by atoms with Gasteiger partial charge in [-0.2, -0.15) is 0 Å². The van der Waals surface area contributed by atoms with E-state index in [2.05, 4.69) is 15.0 Å². The zero-order chi connectivity index (χ0) is 24.9. The molecule has 34 heavy (non-hydrogen) atoms. The van der Waals surface area contributed by atoms with E-state index in [1.54, 1.807) is 64.4 Å². The van der Waals surface area contributed by atoms with E-state index in [0.29, 0.717) is 22.7 Å². The number of hydrogen-bond donors (Lipinski definition) is 2. The number of ether oxygens (including phenoxy) is 2. The Kier molecular flexibility index (Phi) is 7.58. The Morgan fingerprint density at radius 1 is 1.06 bits per heavy atom. The second kappa shape index (κ2) is 10.2. The lowest BCUT2D eigenvalue weighted by atomic mass is 10.1. The predicted octanol–water partition coefficient (Wildman–Crippen LogP) is 4.31. The van der Waals surface area contributed by atoms with Crippen LogP contribution in [0.3, 0.4) is 0 Å². The number of sulfonamides is 1. The normalized spacial score (nSPS) is 11.7. The average molecular weight is 484 g/mol. The molecule has 3 rings (SSSR count). The maximum atomic E-state index is 13.0. The van der Waals surface area contributed by atoms with Crippen molar-refractivity contribution in [3.05, 3.63) is 77.6 Å². The molecular weight excluding hydrogens is 454 g/mol. The van der Waals surface area contributed by atoms with Crippen LogP contribution in [0.1, 0.15) is 42.3 Å². The number of pyridine rings is 1. The highest BCUT2D eigenvalue weighted by Gasteiger charge is 2.23. The van der Waals surface area contributed by atoms with Crippen LogP contribution in [0.15, 0.2) is 65.8 Å². The highest BCUT2D eigenvalue weighted by Crippen LogP contribution is 2.31. The first-order chi connectivity index (χ1) is 16.0. The maximum absolute atomic E-state index is 13.0. The van der Waals surface area contributed by atoms with Crippen molar-refractivity contribution in [2.45, 2.75) is 44.7 Å². The molecule has 0 saturated carbocycles. The molecule has 0 radical (unpaired) electrons. The molecule has 0 saturated heterocycles. The topological polar surface area (TPSA) is 107 Å². The zero-order valence-corrected chi connectivity index (χ0v) is 20.7. The smallest absolute Gasteiger partial charge is 0.255 e. The molecule has 1 aromatic heterocycles. The second-order valence-corrected chi connectivity index (χ2v) is 10.5. The molecule has 0 aliphatic carbocycles. The molecule has 0 atom stereocenters. The molecule has 0 unspecified atom stereocenters. The number of hydrogen-bond acceptors (Lipinski definition) is 6. The number of anilines is 1. The largest absolute Gasteiger partial charge is 0.493 e. The van der Waals surface area contributed by atoms with Gasteiger partial charge in [0.25, 0.3) is 5.91 Å². The fraction of sp³-hybridized carbons (Fsp3) is 0.280. The van der Waals surface area contributed by atoms with Crippen molar-refractivity contribution in [1.82, 2.24) is 9.71 Å². The van der Waals surface area contributed by atoms with Crippen LogP contribution >= 0.6 is 0 Å². The zero-order valence-electron chi connectivity index (χ0n) is 19.9. The van der Waals surface area contributed by atoms with Gasteiger partial charge in [-0.15, -0.1) is 0 Å². The first-order valence-electron chi connectivity index (χ1n) is 10.6. The second-order valence-electron chi connectivity index (χ2n) is 8.80. The van der Waals surface area contributed by atoms with Gasteiger partial charge in [0.2, 0.25) is 10.0 Å². The van der Waals surface area contributed by atoms with Crippen molar-refractivity contribution in [3.63, 3.8) is 0 Å². The number of aromatic nitrogens is 1. The third-order valence-corrected chi connectivity index (χ3v) is 6.50. The summed E-state index contributed by atoms with van der Waals surface area (Å²) in [7, 11) is -2.25. The number of nitrogens with one attached hydrogen (secondary N) is 2. The number of carbonyl (C=O) groups excluding carboxylic acids is 1. The summed E-state index contributed by atoms with van der Waals surface area (Å²) in [4.78, 5) is 17.1. The number of carbonyl (C=O) groups is 1. The summed E-state index contributed by atoms with van der Waals surface area (Å²) in [5, 5.41) is 2.81. The standard InChI is InChI=1S/C25H29N3O5S/c1-17-8-10-20(34(30,31)28-25(2,3)4)14-21(17)24(29)27-19-9-11-22(32-5)23(13-19)33-16-18-7-6-12-26-15-18/h6-15,28H,16H2,1-5H3,(H,27,29). The molecule has 0 aliphatic rings. The SMILES string of the molecule is COc1ccc(NC(=O)c2cc(S(=O)(=O)NC(C)(C)C)ccc2C)cc1OCc1cccnc1. The lowest BCUT2D eigenvalue weighted by Crippen LogP contribution is -2.40. The summed E-state index contributed by atoms with van der Waals surface area (Å²) in [6, 6.07) is 13.2. The van der Waals surface area contributed by atoms with E-state index in [1.165, 1.54) is 19.2 Å². The van der Waals surface area contributed by atoms with Crippen molar-refractivity contribution in [3.8, 4) is 11.5 Å².